The molecule has 116 valence electrons. The Labute approximate surface area is 126 Å². The standard InChI is InChI=1S/C16H24N2O3/c1-16(2,21)11-17-14(19)10-7-12-5-8-13(9-6-12)15(20)18(3)4/h5-6,8-9,21H,7,10-11H2,1-4H3,(H,17,19). The van der Waals surface area contributed by atoms with Gasteiger partial charge in [-0.25, -0.2) is 0 Å². The molecule has 21 heavy (non-hydrogen) atoms. The Morgan fingerprint density at radius 3 is 2.24 bits per heavy atom. The van der Waals surface area contributed by atoms with Crippen molar-refractivity contribution in [3.63, 3.8) is 0 Å². The molecule has 0 bridgehead atoms. The van der Waals surface area contributed by atoms with Crippen LogP contribution in [-0.4, -0.2) is 48.1 Å². The maximum Gasteiger partial charge on any atom is 0.253 e. The molecule has 0 aliphatic carbocycles. The smallest absolute Gasteiger partial charge is 0.253 e. The van der Waals surface area contributed by atoms with E-state index in [1.165, 1.54) is 4.90 Å². The average molecular weight is 292 g/mol. The van der Waals surface area contributed by atoms with E-state index in [0.717, 1.165) is 5.56 Å². The van der Waals surface area contributed by atoms with Gasteiger partial charge in [-0.2, -0.15) is 0 Å². The lowest BCUT2D eigenvalue weighted by atomic mass is 10.1. The molecule has 0 unspecified atom stereocenters. The van der Waals surface area contributed by atoms with Crippen LogP contribution in [0.2, 0.25) is 0 Å². The molecule has 0 aliphatic heterocycles. The number of amides is 2. The number of carbonyl (C=O) groups is 2. The minimum Gasteiger partial charge on any atom is -0.389 e. The molecule has 0 fully saturated rings. The summed E-state index contributed by atoms with van der Waals surface area (Å²) in [7, 11) is 3.42. The Morgan fingerprint density at radius 2 is 1.76 bits per heavy atom. The van der Waals surface area contributed by atoms with Crippen LogP contribution in [0.25, 0.3) is 0 Å². The van der Waals surface area contributed by atoms with E-state index in [1.807, 2.05) is 12.1 Å². The molecule has 5 heteroatoms. The van der Waals surface area contributed by atoms with Crippen molar-refractivity contribution >= 4 is 11.8 Å². The highest BCUT2D eigenvalue weighted by molar-refractivity contribution is 5.93. The van der Waals surface area contributed by atoms with Gasteiger partial charge in [0, 0.05) is 32.6 Å². The van der Waals surface area contributed by atoms with Gasteiger partial charge in [-0.3, -0.25) is 9.59 Å². The number of hydrogen-bond donors (Lipinski definition) is 2. The molecule has 1 aromatic rings. The summed E-state index contributed by atoms with van der Waals surface area (Å²) in [4.78, 5) is 24.9. The second-order valence-corrected chi connectivity index (χ2v) is 5.99. The first-order valence-corrected chi connectivity index (χ1v) is 6.99. The van der Waals surface area contributed by atoms with E-state index < -0.39 is 5.60 Å². The number of nitrogens with one attached hydrogen (secondary N) is 1. The molecule has 1 aromatic carbocycles. The van der Waals surface area contributed by atoms with Crippen molar-refractivity contribution in [2.75, 3.05) is 20.6 Å². The zero-order chi connectivity index (χ0) is 16.0. The minimum atomic E-state index is -0.899. The summed E-state index contributed by atoms with van der Waals surface area (Å²) in [5, 5.41) is 12.2. The van der Waals surface area contributed by atoms with Crippen LogP contribution < -0.4 is 5.32 Å². The molecular formula is C16H24N2O3. The number of carbonyl (C=O) groups excluding carboxylic acids is 2. The van der Waals surface area contributed by atoms with Gasteiger partial charge in [0.15, 0.2) is 0 Å². The van der Waals surface area contributed by atoms with Gasteiger partial charge in [0.1, 0.15) is 0 Å². The number of hydrogen-bond acceptors (Lipinski definition) is 3. The highest BCUT2D eigenvalue weighted by atomic mass is 16.3. The van der Waals surface area contributed by atoms with Crippen molar-refractivity contribution in [2.24, 2.45) is 0 Å². The summed E-state index contributed by atoms with van der Waals surface area (Å²) in [6.45, 7) is 3.53. The van der Waals surface area contributed by atoms with Crippen LogP contribution in [0.3, 0.4) is 0 Å². The second-order valence-electron chi connectivity index (χ2n) is 5.99. The summed E-state index contributed by atoms with van der Waals surface area (Å²) in [5.41, 5.74) is 0.739. The summed E-state index contributed by atoms with van der Waals surface area (Å²) in [6.07, 6.45) is 0.963. The molecule has 0 spiro atoms. The molecule has 1 rings (SSSR count). The maximum atomic E-state index is 11.7. The topological polar surface area (TPSA) is 69.6 Å². The second kappa shape index (κ2) is 7.22. The third kappa shape index (κ3) is 6.40. The predicted octanol–water partition coefficient (Wildman–Crippen LogP) is 1.21. The summed E-state index contributed by atoms with van der Waals surface area (Å²) in [5.74, 6) is -0.130. The zero-order valence-corrected chi connectivity index (χ0v) is 13.1. The number of nitrogens with zero attached hydrogens (tertiary/aromatic N) is 1. The van der Waals surface area contributed by atoms with Gasteiger partial charge in [-0.1, -0.05) is 12.1 Å². The summed E-state index contributed by atoms with van der Waals surface area (Å²) in [6, 6.07) is 7.26. The largest absolute Gasteiger partial charge is 0.389 e. The summed E-state index contributed by atoms with van der Waals surface area (Å²) >= 11 is 0. The first-order chi connectivity index (χ1) is 9.69. The highest BCUT2D eigenvalue weighted by Crippen LogP contribution is 2.08. The number of benzene rings is 1. The van der Waals surface area contributed by atoms with Gasteiger partial charge in [-0.15, -0.1) is 0 Å². The van der Waals surface area contributed by atoms with Crippen molar-refractivity contribution in [1.29, 1.82) is 0 Å². The van der Waals surface area contributed by atoms with E-state index in [4.69, 9.17) is 0 Å². The Bertz CT molecular complexity index is 487. The molecule has 0 aromatic heterocycles. The molecule has 0 radical (unpaired) electrons. The van der Waals surface area contributed by atoms with E-state index in [1.54, 1.807) is 40.1 Å². The quantitative estimate of drug-likeness (QED) is 0.828. The molecule has 2 amide bonds. The molecule has 5 nitrogen and oxygen atoms in total. The minimum absolute atomic E-state index is 0.0375. The van der Waals surface area contributed by atoms with Gasteiger partial charge in [0.05, 0.1) is 5.60 Å². The van der Waals surface area contributed by atoms with Crippen LogP contribution in [0.5, 0.6) is 0 Å². The lowest BCUT2D eigenvalue weighted by Crippen LogP contribution is -2.38. The van der Waals surface area contributed by atoms with Crippen molar-refractivity contribution in [3.8, 4) is 0 Å². The van der Waals surface area contributed by atoms with E-state index in [0.29, 0.717) is 18.4 Å². The fourth-order valence-corrected chi connectivity index (χ4v) is 1.73. The maximum absolute atomic E-state index is 11.7. The van der Waals surface area contributed by atoms with Gasteiger partial charge in [0.2, 0.25) is 5.91 Å². The Balaban J connectivity index is 2.46. The lowest BCUT2D eigenvalue weighted by molar-refractivity contribution is -0.122. The van der Waals surface area contributed by atoms with Crippen LogP contribution in [0.15, 0.2) is 24.3 Å². The normalized spacial score (nSPS) is 11.1. The van der Waals surface area contributed by atoms with Crippen molar-refractivity contribution < 1.29 is 14.7 Å². The molecule has 0 atom stereocenters. The Kier molecular flexibility index (Phi) is 5.90. The van der Waals surface area contributed by atoms with E-state index >= 15 is 0 Å². The summed E-state index contributed by atoms with van der Waals surface area (Å²) < 4.78 is 0. The van der Waals surface area contributed by atoms with E-state index in [9.17, 15) is 14.7 Å². The third-order valence-corrected chi connectivity index (χ3v) is 2.97. The number of aliphatic hydroxyl groups is 1. The zero-order valence-electron chi connectivity index (χ0n) is 13.1. The highest BCUT2D eigenvalue weighted by Gasteiger charge is 2.13. The molecular weight excluding hydrogens is 268 g/mol. The molecule has 0 heterocycles. The Morgan fingerprint density at radius 1 is 1.19 bits per heavy atom. The molecule has 0 aliphatic rings. The van der Waals surface area contributed by atoms with E-state index in [-0.39, 0.29) is 18.4 Å². The Hall–Kier alpha value is -1.88. The SMILES string of the molecule is CN(C)C(=O)c1ccc(CCC(=O)NCC(C)(C)O)cc1. The molecule has 0 saturated heterocycles. The van der Waals surface area contributed by atoms with Gasteiger partial charge in [0.25, 0.3) is 5.91 Å². The van der Waals surface area contributed by atoms with Crippen molar-refractivity contribution in [1.82, 2.24) is 10.2 Å². The van der Waals surface area contributed by atoms with Crippen LogP contribution in [0, 0.1) is 0 Å². The first kappa shape index (κ1) is 17.2. The van der Waals surface area contributed by atoms with Crippen LogP contribution >= 0.6 is 0 Å². The van der Waals surface area contributed by atoms with Gasteiger partial charge in [-0.05, 0) is 38.0 Å². The monoisotopic (exact) mass is 292 g/mol. The fourth-order valence-electron chi connectivity index (χ4n) is 1.73. The van der Waals surface area contributed by atoms with Crippen molar-refractivity contribution in [2.45, 2.75) is 32.3 Å². The van der Waals surface area contributed by atoms with Crippen LogP contribution in [0.1, 0.15) is 36.2 Å². The average Bonchev–Trinajstić information content (AvgIpc) is 2.41. The lowest BCUT2D eigenvalue weighted by Gasteiger charge is -2.17. The molecule has 2 N–H and O–H groups in total. The number of rotatable bonds is 6. The van der Waals surface area contributed by atoms with Gasteiger partial charge >= 0.3 is 0 Å². The third-order valence-electron chi connectivity index (χ3n) is 2.97. The van der Waals surface area contributed by atoms with Crippen LogP contribution in [0.4, 0.5) is 0 Å². The number of aryl methyl sites for hydroxylation is 1. The fraction of sp³-hybridized carbons (Fsp3) is 0.500. The van der Waals surface area contributed by atoms with Crippen LogP contribution in [-0.2, 0) is 11.2 Å². The first-order valence-electron chi connectivity index (χ1n) is 6.99. The van der Waals surface area contributed by atoms with E-state index in [2.05, 4.69) is 5.32 Å². The predicted molar refractivity (Wildman–Crippen MR) is 82.1 cm³/mol. The molecule has 0 saturated carbocycles. The van der Waals surface area contributed by atoms with Gasteiger partial charge < -0.3 is 15.3 Å². The van der Waals surface area contributed by atoms with Crippen molar-refractivity contribution in [3.05, 3.63) is 35.4 Å².